The van der Waals surface area contributed by atoms with Gasteiger partial charge in [-0.25, -0.2) is 4.79 Å². The highest BCUT2D eigenvalue weighted by Crippen LogP contribution is 2.20. The SMILES string of the molecule is CCc1nc(C[C@@H]2CN(C(=O)Nc3c(C)noc3C)CCO2)no1. The molecule has 2 aromatic rings. The molecule has 0 unspecified atom stereocenters. The number of ether oxygens (including phenoxy) is 1. The summed E-state index contributed by atoms with van der Waals surface area (Å²) in [4.78, 5) is 18.4. The van der Waals surface area contributed by atoms with Gasteiger partial charge in [0.25, 0.3) is 0 Å². The smallest absolute Gasteiger partial charge is 0.322 e. The fourth-order valence-electron chi connectivity index (χ4n) is 2.60. The van der Waals surface area contributed by atoms with E-state index in [-0.39, 0.29) is 12.1 Å². The first kappa shape index (κ1) is 16.4. The minimum atomic E-state index is -0.194. The fraction of sp³-hybridized carbons (Fsp3) is 0.600. The van der Waals surface area contributed by atoms with Crippen molar-refractivity contribution in [2.45, 2.75) is 39.7 Å². The fourth-order valence-corrected chi connectivity index (χ4v) is 2.60. The van der Waals surface area contributed by atoms with Gasteiger partial charge in [-0.2, -0.15) is 4.98 Å². The second-order valence-electron chi connectivity index (χ2n) is 5.73. The zero-order valence-corrected chi connectivity index (χ0v) is 14.0. The Morgan fingerprint density at radius 3 is 2.83 bits per heavy atom. The van der Waals surface area contributed by atoms with Gasteiger partial charge in [0.05, 0.1) is 12.7 Å². The van der Waals surface area contributed by atoms with Crippen LogP contribution in [0.15, 0.2) is 9.05 Å². The summed E-state index contributed by atoms with van der Waals surface area (Å²) >= 11 is 0. The van der Waals surface area contributed by atoms with E-state index in [1.807, 2.05) is 6.92 Å². The van der Waals surface area contributed by atoms with Crippen LogP contribution in [0.2, 0.25) is 0 Å². The van der Waals surface area contributed by atoms with Gasteiger partial charge in [-0.3, -0.25) is 0 Å². The lowest BCUT2D eigenvalue weighted by atomic mass is 10.2. The lowest BCUT2D eigenvalue weighted by molar-refractivity contribution is -0.0125. The van der Waals surface area contributed by atoms with Crippen LogP contribution in [-0.2, 0) is 17.6 Å². The quantitative estimate of drug-likeness (QED) is 0.906. The molecule has 3 heterocycles. The number of aryl methyl sites for hydroxylation is 3. The third kappa shape index (κ3) is 3.56. The van der Waals surface area contributed by atoms with Crippen LogP contribution in [0.25, 0.3) is 0 Å². The van der Waals surface area contributed by atoms with Crippen molar-refractivity contribution in [2.75, 3.05) is 25.0 Å². The van der Waals surface area contributed by atoms with Crippen LogP contribution in [-0.4, -0.2) is 52.0 Å². The first-order valence-electron chi connectivity index (χ1n) is 7.98. The van der Waals surface area contributed by atoms with Gasteiger partial charge in [0, 0.05) is 25.9 Å². The summed E-state index contributed by atoms with van der Waals surface area (Å²) < 4.78 is 15.9. The summed E-state index contributed by atoms with van der Waals surface area (Å²) in [6.07, 6.45) is 1.06. The minimum Gasteiger partial charge on any atom is -0.374 e. The first-order chi connectivity index (χ1) is 11.6. The van der Waals surface area contributed by atoms with Gasteiger partial charge in [-0.15, -0.1) is 0 Å². The van der Waals surface area contributed by atoms with E-state index in [4.69, 9.17) is 13.8 Å². The highest BCUT2D eigenvalue weighted by atomic mass is 16.5. The second kappa shape index (κ2) is 7.00. The van der Waals surface area contributed by atoms with Crippen LogP contribution in [0, 0.1) is 13.8 Å². The maximum Gasteiger partial charge on any atom is 0.322 e. The number of amides is 2. The topological polar surface area (TPSA) is 107 Å². The van der Waals surface area contributed by atoms with Crippen LogP contribution in [0.3, 0.4) is 0 Å². The number of urea groups is 1. The molecule has 9 nitrogen and oxygen atoms in total. The molecule has 0 aliphatic carbocycles. The number of hydrogen-bond acceptors (Lipinski definition) is 7. The van der Waals surface area contributed by atoms with Crippen LogP contribution in [0.1, 0.15) is 30.1 Å². The number of nitrogens with zero attached hydrogens (tertiary/aromatic N) is 4. The summed E-state index contributed by atoms with van der Waals surface area (Å²) in [6.45, 7) is 6.96. The van der Waals surface area contributed by atoms with E-state index in [1.54, 1.807) is 18.7 Å². The molecule has 2 aromatic heterocycles. The van der Waals surface area contributed by atoms with Crippen LogP contribution >= 0.6 is 0 Å². The molecule has 2 amide bonds. The number of hydrogen-bond donors (Lipinski definition) is 1. The average Bonchev–Trinajstić information content (AvgIpc) is 3.16. The van der Waals surface area contributed by atoms with Gasteiger partial charge in [-0.05, 0) is 13.8 Å². The Balaban J connectivity index is 1.59. The second-order valence-corrected chi connectivity index (χ2v) is 5.73. The van der Waals surface area contributed by atoms with Crippen molar-refractivity contribution in [3.63, 3.8) is 0 Å². The van der Waals surface area contributed by atoms with Crippen LogP contribution in [0.5, 0.6) is 0 Å². The van der Waals surface area contributed by atoms with Crippen LogP contribution in [0.4, 0.5) is 10.5 Å². The molecule has 0 bridgehead atoms. The third-order valence-corrected chi connectivity index (χ3v) is 3.91. The Kier molecular flexibility index (Phi) is 4.79. The highest BCUT2D eigenvalue weighted by molar-refractivity contribution is 5.90. The zero-order chi connectivity index (χ0) is 17.1. The van der Waals surface area contributed by atoms with Gasteiger partial charge in [0.2, 0.25) is 5.89 Å². The molecule has 9 heteroatoms. The first-order valence-corrected chi connectivity index (χ1v) is 7.98. The van der Waals surface area contributed by atoms with E-state index in [0.29, 0.717) is 61.4 Å². The molecule has 24 heavy (non-hydrogen) atoms. The molecule has 3 rings (SSSR count). The van der Waals surface area contributed by atoms with Crippen molar-refractivity contribution in [2.24, 2.45) is 0 Å². The zero-order valence-electron chi connectivity index (χ0n) is 14.0. The van der Waals surface area contributed by atoms with E-state index in [9.17, 15) is 4.79 Å². The Hall–Kier alpha value is -2.42. The molecule has 1 fully saturated rings. The third-order valence-electron chi connectivity index (χ3n) is 3.91. The molecule has 0 radical (unpaired) electrons. The van der Waals surface area contributed by atoms with Gasteiger partial charge in [-0.1, -0.05) is 17.2 Å². The molecule has 1 aliphatic rings. The Bertz CT molecular complexity index is 691. The lowest BCUT2D eigenvalue weighted by Gasteiger charge is -2.32. The van der Waals surface area contributed by atoms with Gasteiger partial charge >= 0.3 is 6.03 Å². The molecule has 1 atom stereocenters. The largest absolute Gasteiger partial charge is 0.374 e. The molecule has 0 spiro atoms. The van der Waals surface area contributed by atoms with Crippen molar-refractivity contribution in [1.29, 1.82) is 0 Å². The summed E-state index contributed by atoms with van der Waals surface area (Å²) in [5.74, 6) is 1.79. The van der Waals surface area contributed by atoms with Crippen LogP contribution < -0.4 is 5.32 Å². The van der Waals surface area contributed by atoms with Crippen molar-refractivity contribution in [3.8, 4) is 0 Å². The predicted octanol–water partition coefficient (Wildman–Crippen LogP) is 1.71. The molecule has 1 saturated heterocycles. The number of aromatic nitrogens is 3. The average molecular weight is 335 g/mol. The maximum absolute atomic E-state index is 12.5. The molecule has 1 N–H and O–H groups in total. The van der Waals surface area contributed by atoms with E-state index >= 15 is 0 Å². The minimum absolute atomic E-state index is 0.156. The maximum atomic E-state index is 12.5. The number of rotatable bonds is 4. The van der Waals surface area contributed by atoms with E-state index < -0.39 is 0 Å². The van der Waals surface area contributed by atoms with Gasteiger partial charge in [0.15, 0.2) is 11.6 Å². The monoisotopic (exact) mass is 335 g/mol. The van der Waals surface area contributed by atoms with E-state index in [1.165, 1.54) is 0 Å². The Morgan fingerprint density at radius 1 is 1.33 bits per heavy atom. The predicted molar refractivity (Wildman–Crippen MR) is 83.7 cm³/mol. The Labute approximate surface area is 139 Å². The number of carbonyl (C=O) groups excluding carboxylic acids is 1. The van der Waals surface area contributed by atoms with Crippen molar-refractivity contribution >= 4 is 11.7 Å². The molecule has 130 valence electrons. The molecule has 1 aliphatic heterocycles. The number of nitrogens with one attached hydrogen (secondary N) is 1. The number of morpholine rings is 1. The summed E-state index contributed by atoms with van der Waals surface area (Å²) in [5.41, 5.74) is 1.28. The Morgan fingerprint density at radius 2 is 2.17 bits per heavy atom. The van der Waals surface area contributed by atoms with Crippen molar-refractivity contribution in [1.82, 2.24) is 20.2 Å². The van der Waals surface area contributed by atoms with Crippen molar-refractivity contribution in [3.05, 3.63) is 23.2 Å². The summed E-state index contributed by atoms with van der Waals surface area (Å²) in [6, 6.07) is -0.194. The van der Waals surface area contributed by atoms with Gasteiger partial charge in [0.1, 0.15) is 11.4 Å². The number of anilines is 1. The summed E-state index contributed by atoms with van der Waals surface area (Å²) in [7, 11) is 0. The standard InChI is InChI=1S/C15H21N5O4/c1-4-13-16-12(19-24-13)7-11-8-20(5-6-22-11)15(21)17-14-9(2)18-23-10(14)3/h11H,4-8H2,1-3H3,(H,17,21)/t11-/m1/s1. The molecule has 0 saturated carbocycles. The lowest BCUT2D eigenvalue weighted by Crippen LogP contribution is -2.48. The number of carbonyl (C=O) groups is 1. The van der Waals surface area contributed by atoms with E-state index in [0.717, 1.165) is 0 Å². The molecule has 0 aromatic carbocycles. The highest BCUT2D eigenvalue weighted by Gasteiger charge is 2.27. The van der Waals surface area contributed by atoms with E-state index in [2.05, 4.69) is 20.6 Å². The molecular weight excluding hydrogens is 314 g/mol. The van der Waals surface area contributed by atoms with Crippen molar-refractivity contribution < 1.29 is 18.6 Å². The van der Waals surface area contributed by atoms with Gasteiger partial charge < -0.3 is 24.0 Å². The molecular formula is C15H21N5O4. The summed E-state index contributed by atoms with van der Waals surface area (Å²) in [5, 5.41) is 10.6. The normalized spacial score (nSPS) is 18.0.